The number of rotatable bonds is 3. The van der Waals surface area contributed by atoms with Crippen molar-refractivity contribution in [2.24, 2.45) is 20.0 Å². The van der Waals surface area contributed by atoms with Gasteiger partial charge in [-0.3, -0.25) is 9.36 Å². The molecule has 7 nitrogen and oxygen atoms in total. The van der Waals surface area contributed by atoms with E-state index in [0.717, 1.165) is 28.5 Å². The van der Waals surface area contributed by atoms with Crippen molar-refractivity contribution in [3.05, 3.63) is 20.8 Å². The third-order valence-electron chi connectivity index (χ3n) is 3.39. The van der Waals surface area contributed by atoms with E-state index in [-0.39, 0.29) is 11.9 Å². The number of aliphatic hydroxyl groups is 1. The largest absolute Gasteiger partial charge is 0.393 e. The van der Waals surface area contributed by atoms with Gasteiger partial charge in [-0.1, -0.05) is 0 Å². The third kappa shape index (κ3) is 2.45. The summed E-state index contributed by atoms with van der Waals surface area (Å²) in [4.78, 5) is 23.2. The molecular formula is C11H18N4O3. The second-order valence-corrected chi connectivity index (χ2v) is 4.83. The van der Waals surface area contributed by atoms with Crippen LogP contribution in [0.1, 0.15) is 19.3 Å². The van der Waals surface area contributed by atoms with Crippen molar-refractivity contribution in [3.63, 3.8) is 0 Å². The molecule has 1 aromatic heterocycles. The number of hydrogen-bond acceptors (Lipinski definition) is 5. The highest BCUT2D eigenvalue weighted by Gasteiger charge is 2.23. The van der Waals surface area contributed by atoms with Crippen LogP contribution in [0.2, 0.25) is 0 Å². The predicted molar refractivity (Wildman–Crippen MR) is 66.6 cm³/mol. The summed E-state index contributed by atoms with van der Waals surface area (Å²) in [5, 5.41) is 16.3. The van der Waals surface area contributed by atoms with Crippen molar-refractivity contribution < 1.29 is 5.11 Å². The van der Waals surface area contributed by atoms with E-state index < -0.39 is 11.2 Å². The van der Waals surface area contributed by atoms with Crippen molar-refractivity contribution in [2.45, 2.75) is 25.4 Å². The van der Waals surface area contributed by atoms with Crippen LogP contribution < -0.4 is 16.6 Å². The number of aromatic nitrogens is 3. The molecule has 1 aromatic rings. The first kappa shape index (κ1) is 12.8. The van der Waals surface area contributed by atoms with E-state index in [1.807, 2.05) is 0 Å². The van der Waals surface area contributed by atoms with Gasteiger partial charge in [0.2, 0.25) is 5.82 Å². The lowest BCUT2D eigenvalue weighted by Gasteiger charge is -2.12. The molecule has 0 spiro atoms. The molecule has 0 aromatic carbocycles. The molecule has 2 rings (SSSR count). The lowest BCUT2D eigenvalue weighted by Crippen LogP contribution is -2.40. The third-order valence-corrected chi connectivity index (χ3v) is 3.39. The summed E-state index contributed by atoms with van der Waals surface area (Å²) < 4.78 is 2.16. The second kappa shape index (κ2) is 4.93. The van der Waals surface area contributed by atoms with Crippen LogP contribution in [0.5, 0.6) is 0 Å². The normalized spacial score (nSPS) is 23.3. The maximum absolute atomic E-state index is 11.8. The molecule has 7 heteroatoms. The SMILES string of the molecule is Cn1nc(NCC2CCC(O)C2)c(=O)n(C)c1=O. The summed E-state index contributed by atoms with van der Waals surface area (Å²) in [5.74, 6) is 0.532. The fourth-order valence-electron chi connectivity index (χ4n) is 2.28. The highest BCUT2D eigenvalue weighted by molar-refractivity contribution is 5.29. The van der Waals surface area contributed by atoms with E-state index in [4.69, 9.17) is 0 Å². The molecule has 0 bridgehead atoms. The molecule has 2 unspecified atom stereocenters. The van der Waals surface area contributed by atoms with Gasteiger partial charge in [0.25, 0.3) is 5.56 Å². The number of nitrogens with one attached hydrogen (secondary N) is 1. The summed E-state index contributed by atoms with van der Waals surface area (Å²) in [5.41, 5.74) is -0.863. The first-order valence-electron chi connectivity index (χ1n) is 6.05. The second-order valence-electron chi connectivity index (χ2n) is 4.83. The maximum Gasteiger partial charge on any atom is 0.346 e. The van der Waals surface area contributed by atoms with Gasteiger partial charge in [-0.05, 0) is 25.2 Å². The molecule has 0 aliphatic heterocycles. The molecule has 1 fully saturated rings. The predicted octanol–water partition coefficient (Wildman–Crippen LogP) is -0.948. The molecule has 100 valence electrons. The van der Waals surface area contributed by atoms with E-state index in [9.17, 15) is 14.7 Å². The van der Waals surface area contributed by atoms with Gasteiger partial charge in [0.1, 0.15) is 0 Å². The van der Waals surface area contributed by atoms with E-state index in [2.05, 4.69) is 10.4 Å². The van der Waals surface area contributed by atoms with E-state index in [0.29, 0.717) is 12.5 Å². The minimum atomic E-state index is -0.443. The van der Waals surface area contributed by atoms with Crippen LogP contribution >= 0.6 is 0 Å². The fraction of sp³-hybridized carbons (Fsp3) is 0.727. The summed E-state index contributed by atoms with van der Waals surface area (Å²) in [6.07, 6.45) is 2.28. The fourth-order valence-corrected chi connectivity index (χ4v) is 2.28. The Labute approximate surface area is 104 Å². The number of aryl methyl sites for hydroxylation is 1. The average molecular weight is 254 g/mol. The Morgan fingerprint density at radius 1 is 1.39 bits per heavy atom. The number of anilines is 1. The van der Waals surface area contributed by atoms with Crippen LogP contribution in [0.15, 0.2) is 9.59 Å². The summed E-state index contributed by atoms with van der Waals surface area (Å²) in [7, 11) is 2.93. The maximum atomic E-state index is 11.8. The Balaban J connectivity index is 2.11. The smallest absolute Gasteiger partial charge is 0.346 e. The minimum Gasteiger partial charge on any atom is -0.393 e. The van der Waals surface area contributed by atoms with E-state index in [1.54, 1.807) is 0 Å². The Morgan fingerprint density at radius 3 is 2.72 bits per heavy atom. The van der Waals surface area contributed by atoms with Gasteiger partial charge < -0.3 is 10.4 Å². The number of nitrogens with zero attached hydrogens (tertiary/aromatic N) is 3. The molecule has 1 saturated carbocycles. The van der Waals surface area contributed by atoms with Gasteiger partial charge in [-0.2, -0.15) is 0 Å². The molecule has 18 heavy (non-hydrogen) atoms. The Bertz CT molecular complexity index is 548. The monoisotopic (exact) mass is 254 g/mol. The van der Waals surface area contributed by atoms with Crippen LogP contribution in [0, 0.1) is 5.92 Å². The van der Waals surface area contributed by atoms with Crippen molar-refractivity contribution >= 4 is 5.82 Å². The Kier molecular flexibility index (Phi) is 3.51. The standard InChI is InChI=1S/C11H18N4O3/c1-14-10(17)9(13-15(2)11(14)18)12-6-7-3-4-8(16)5-7/h7-8,16H,3-6H2,1-2H3,(H,12,13). The molecule has 0 amide bonds. The lowest BCUT2D eigenvalue weighted by molar-refractivity contribution is 0.178. The van der Waals surface area contributed by atoms with E-state index >= 15 is 0 Å². The quantitative estimate of drug-likeness (QED) is 0.726. The van der Waals surface area contributed by atoms with Crippen molar-refractivity contribution in [1.82, 2.24) is 14.3 Å². The first-order valence-corrected chi connectivity index (χ1v) is 6.05. The minimum absolute atomic E-state index is 0.181. The molecule has 0 saturated heterocycles. The van der Waals surface area contributed by atoms with E-state index in [1.165, 1.54) is 14.1 Å². The average Bonchev–Trinajstić information content (AvgIpc) is 2.75. The topological polar surface area (TPSA) is 89.2 Å². The van der Waals surface area contributed by atoms with Gasteiger partial charge in [-0.25, -0.2) is 9.48 Å². The molecule has 1 aliphatic carbocycles. The van der Waals surface area contributed by atoms with Gasteiger partial charge in [0.15, 0.2) is 0 Å². The highest BCUT2D eigenvalue weighted by Crippen LogP contribution is 2.25. The Hall–Kier alpha value is -1.63. The van der Waals surface area contributed by atoms with Crippen molar-refractivity contribution in [2.75, 3.05) is 11.9 Å². The molecule has 2 N–H and O–H groups in total. The summed E-state index contributed by atoms with van der Waals surface area (Å²) >= 11 is 0. The number of aliphatic hydroxyl groups excluding tert-OH is 1. The summed E-state index contributed by atoms with van der Waals surface area (Å²) in [6.45, 7) is 0.595. The van der Waals surface area contributed by atoms with Crippen molar-refractivity contribution in [3.8, 4) is 0 Å². The molecule has 0 radical (unpaired) electrons. The zero-order valence-electron chi connectivity index (χ0n) is 10.6. The zero-order chi connectivity index (χ0) is 13.3. The van der Waals surface area contributed by atoms with Crippen molar-refractivity contribution in [1.29, 1.82) is 0 Å². The van der Waals surface area contributed by atoms with Gasteiger partial charge in [0.05, 0.1) is 6.10 Å². The van der Waals surface area contributed by atoms with Crippen LogP contribution in [0.3, 0.4) is 0 Å². The van der Waals surface area contributed by atoms with Crippen LogP contribution in [-0.4, -0.2) is 32.1 Å². The number of hydrogen-bond donors (Lipinski definition) is 2. The van der Waals surface area contributed by atoms with Gasteiger partial charge in [-0.15, -0.1) is 5.10 Å². The van der Waals surface area contributed by atoms with Crippen LogP contribution in [0.4, 0.5) is 5.82 Å². The van der Waals surface area contributed by atoms with Crippen LogP contribution in [0.25, 0.3) is 0 Å². The van der Waals surface area contributed by atoms with Gasteiger partial charge >= 0.3 is 5.69 Å². The Morgan fingerprint density at radius 2 is 2.11 bits per heavy atom. The lowest BCUT2D eigenvalue weighted by atomic mass is 10.1. The first-order chi connectivity index (χ1) is 8.49. The van der Waals surface area contributed by atoms with Crippen LogP contribution in [-0.2, 0) is 14.1 Å². The van der Waals surface area contributed by atoms with Gasteiger partial charge in [0, 0.05) is 20.6 Å². The molecular weight excluding hydrogens is 236 g/mol. The molecule has 1 heterocycles. The summed E-state index contributed by atoms with van der Waals surface area (Å²) in [6, 6.07) is 0. The molecule has 2 atom stereocenters. The molecule has 1 aliphatic rings. The highest BCUT2D eigenvalue weighted by atomic mass is 16.3. The zero-order valence-corrected chi connectivity index (χ0v) is 10.6.